The second-order valence-electron chi connectivity index (χ2n) is 9.82. The Labute approximate surface area is 200 Å². The van der Waals surface area contributed by atoms with E-state index in [-0.39, 0.29) is 12.1 Å². The Hall–Kier alpha value is -1.65. The molecule has 8 nitrogen and oxygen atoms in total. The summed E-state index contributed by atoms with van der Waals surface area (Å²) in [6.07, 6.45) is 13.4. The highest BCUT2D eigenvalue weighted by Gasteiger charge is 2.36. The maximum absolute atomic E-state index is 12.8. The van der Waals surface area contributed by atoms with E-state index in [4.69, 9.17) is 14.5 Å². The number of hydrogen-bond donors (Lipinski definition) is 0. The Morgan fingerprint density at radius 2 is 1.88 bits per heavy atom. The molecule has 1 aliphatic heterocycles. The molecule has 3 heterocycles. The highest BCUT2D eigenvalue weighted by molar-refractivity contribution is 9.10. The van der Waals surface area contributed by atoms with E-state index in [1.165, 1.54) is 0 Å². The fraction of sp³-hybridized carbons (Fsp3) is 0.636. The minimum atomic E-state index is -0.645. The first kappa shape index (κ1) is 25.0. The third-order valence-corrected chi connectivity index (χ3v) is 6.78. The molecule has 0 saturated carbocycles. The molecule has 0 aliphatic carbocycles. The summed E-state index contributed by atoms with van der Waals surface area (Å²) in [5, 5.41) is 0. The Balaban J connectivity index is 1.88. The topological polar surface area (TPSA) is 82.4 Å². The smallest absolute Gasteiger partial charge is 0.410 e. The van der Waals surface area contributed by atoms with Crippen molar-refractivity contribution >= 4 is 32.1 Å². The molecular weight excluding hydrogens is 494 g/mol. The molecule has 1 amide bonds. The van der Waals surface area contributed by atoms with Crippen molar-refractivity contribution in [2.75, 3.05) is 37.7 Å². The molecule has 1 fully saturated rings. The molecule has 1 saturated heterocycles. The lowest BCUT2D eigenvalue weighted by Crippen LogP contribution is -2.37. The number of carbonyl (C=O) groups excluding carboxylic acids is 1. The van der Waals surface area contributed by atoms with Crippen LogP contribution >= 0.6 is 26.0 Å². The lowest BCUT2D eigenvalue weighted by molar-refractivity contribution is 0.0205. The maximum Gasteiger partial charge on any atom is 0.410 e. The van der Waals surface area contributed by atoms with E-state index in [1.807, 2.05) is 25.3 Å². The van der Waals surface area contributed by atoms with Gasteiger partial charge >= 0.3 is 6.09 Å². The molecule has 3 rings (SSSR count). The number of carbonyl (C=O) groups is 1. The number of halogens is 1. The molecule has 1 atom stereocenters. The zero-order valence-corrected chi connectivity index (χ0v) is 22.2. The number of aromatic nitrogens is 4. The van der Waals surface area contributed by atoms with Gasteiger partial charge in [0.2, 0.25) is 0 Å². The lowest BCUT2D eigenvalue weighted by Gasteiger charge is -2.29. The molecule has 10 heteroatoms. The third kappa shape index (κ3) is 6.68. The van der Waals surface area contributed by atoms with Gasteiger partial charge in [-0.1, -0.05) is 0 Å². The molecule has 0 unspecified atom stereocenters. The van der Waals surface area contributed by atoms with E-state index in [1.54, 1.807) is 23.5 Å². The minimum absolute atomic E-state index is 0.175. The average molecular weight is 529 g/mol. The van der Waals surface area contributed by atoms with Crippen molar-refractivity contribution in [3.8, 4) is 11.5 Å². The van der Waals surface area contributed by atoms with Crippen molar-refractivity contribution in [1.82, 2.24) is 24.4 Å². The number of nitrogens with zero attached hydrogens (tertiary/aromatic N) is 5. The van der Waals surface area contributed by atoms with Gasteiger partial charge in [-0.05, 0) is 68.3 Å². The highest BCUT2D eigenvalue weighted by Crippen LogP contribution is 2.35. The minimum Gasteiger partial charge on any atom is -0.444 e. The van der Waals surface area contributed by atoms with Crippen LogP contribution in [0, 0.1) is 0 Å². The normalized spacial score (nSPS) is 17.6. The van der Waals surface area contributed by atoms with Crippen molar-refractivity contribution in [1.29, 1.82) is 0 Å². The van der Waals surface area contributed by atoms with Crippen LogP contribution in [-0.2, 0) is 16.2 Å². The van der Waals surface area contributed by atoms with E-state index < -0.39 is 15.6 Å². The van der Waals surface area contributed by atoms with Crippen molar-refractivity contribution in [2.45, 2.75) is 52.0 Å². The van der Waals surface area contributed by atoms with E-state index in [9.17, 15) is 4.79 Å². The Morgan fingerprint density at radius 1 is 1.19 bits per heavy atom. The molecule has 2 aromatic rings. The van der Waals surface area contributed by atoms with Crippen LogP contribution in [0.2, 0.25) is 0 Å². The molecule has 0 bridgehead atoms. The van der Waals surface area contributed by atoms with Crippen LogP contribution in [0.1, 0.15) is 45.5 Å². The van der Waals surface area contributed by atoms with Crippen molar-refractivity contribution in [3.63, 3.8) is 0 Å². The Kier molecular flexibility index (Phi) is 7.88. The van der Waals surface area contributed by atoms with Crippen LogP contribution in [0.4, 0.5) is 4.79 Å². The first-order valence-electron chi connectivity index (χ1n) is 10.7. The fourth-order valence-corrected chi connectivity index (χ4v) is 4.28. The standard InChI is InChI=1S/C22H34BrN5O3S/c1-22(2,3)31-21(29)27-9-7-8-17(27)20-26-14-18(19-24-12-16(23)13-25-19)28(20)15-30-10-11-32(4,5)6/h12-14,17H,7-11,15H2,1-6H3/t17-/m0/s1. The highest BCUT2D eigenvalue weighted by atomic mass is 79.9. The quantitative estimate of drug-likeness (QED) is 0.479. The SMILES string of the molecule is CC(C)(C)OC(=O)N1CCC[C@H]1c1ncc(-c2ncc(Br)cn2)n1COCCS(C)(C)C. The molecule has 2 aromatic heterocycles. The third-order valence-electron chi connectivity index (χ3n) is 4.98. The number of amides is 1. The number of hydrogen-bond acceptors (Lipinski definition) is 6. The molecule has 0 aromatic carbocycles. The molecule has 0 N–H and O–H groups in total. The molecule has 0 radical (unpaired) electrons. The number of imidazole rings is 1. The second-order valence-corrected chi connectivity index (χ2v) is 15.3. The van der Waals surface area contributed by atoms with Crippen LogP contribution in [0.25, 0.3) is 11.5 Å². The predicted octanol–water partition coefficient (Wildman–Crippen LogP) is 4.84. The summed E-state index contributed by atoms with van der Waals surface area (Å²) in [4.78, 5) is 28.2. The van der Waals surface area contributed by atoms with Gasteiger partial charge < -0.3 is 9.47 Å². The van der Waals surface area contributed by atoms with Gasteiger partial charge in [0.25, 0.3) is 0 Å². The summed E-state index contributed by atoms with van der Waals surface area (Å²) in [6, 6.07) is -0.175. The average Bonchev–Trinajstić information content (AvgIpc) is 3.30. The summed E-state index contributed by atoms with van der Waals surface area (Å²) in [7, 11) is -0.645. The maximum atomic E-state index is 12.8. The Morgan fingerprint density at radius 3 is 2.50 bits per heavy atom. The summed E-state index contributed by atoms with van der Waals surface area (Å²) in [6.45, 7) is 7.28. The van der Waals surface area contributed by atoms with Crippen LogP contribution < -0.4 is 0 Å². The summed E-state index contributed by atoms with van der Waals surface area (Å²) in [5.41, 5.74) is 0.223. The van der Waals surface area contributed by atoms with Crippen LogP contribution in [-0.4, -0.2) is 73.8 Å². The number of likely N-dealkylation sites (tertiary alicyclic amines) is 1. The number of ether oxygens (including phenoxy) is 2. The van der Waals surface area contributed by atoms with Crippen LogP contribution in [0.5, 0.6) is 0 Å². The van der Waals surface area contributed by atoms with Gasteiger partial charge in [-0.25, -0.2) is 29.8 Å². The molecule has 178 valence electrons. The van der Waals surface area contributed by atoms with E-state index in [0.29, 0.717) is 25.7 Å². The first-order chi connectivity index (χ1) is 14.9. The largest absolute Gasteiger partial charge is 0.444 e. The lowest BCUT2D eigenvalue weighted by atomic mass is 10.2. The fourth-order valence-electron chi connectivity index (χ4n) is 3.45. The van der Waals surface area contributed by atoms with Gasteiger partial charge in [0.05, 0.1) is 23.3 Å². The van der Waals surface area contributed by atoms with E-state index in [0.717, 1.165) is 34.6 Å². The van der Waals surface area contributed by atoms with Crippen molar-refractivity contribution < 1.29 is 14.3 Å². The Bertz CT molecular complexity index is 921. The van der Waals surface area contributed by atoms with E-state index in [2.05, 4.69) is 44.7 Å². The van der Waals surface area contributed by atoms with Gasteiger partial charge in [-0.2, -0.15) is 0 Å². The molecule has 0 spiro atoms. The predicted molar refractivity (Wildman–Crippen MR) is 132 cm³/mol. The zero-order chi connectivity index (χ0) is 23.5. The summed E-state index contributed by atoms with van der Waals surface area (Å²) in [5.74, 6) is 2.37. The van der Waals surface area contributed by atoms with Gasteiger partial charge in [0.1, 0.15) is 23.9 Å². The molecular formula is C22H34BrN5O3S. The van der Waals surface area contributed by atoms with Crippen molar-refractivity contribution in [3.05, 3.63) is 28.9 Å². The van der Waals surface area contributed by atoms with Crippen LogP contribution in [0.15, 0.2) is 23.1 Å². The van der Waals surface area contributed by atoms with Crippen molar-refractivity contribution in [2.24, 2.45) is 0 Å². The van der Waals surface area contributed by atoms with Gasteiger partial charge in [0.15, 0.2) is 5.82 Å². The van der Waals surface area contributed by atoms with Gasteiger partial charge in [-0.15, -0.1) is 0 Å². The monoisotopic (exact) mass is 527 g/mol. The van der Waals surface area contributed by atoms with Gasteiger partial charge in [0, 0.05) is 24.7 Å². The molecule has 32 heavy (non-hydrogen) atoms. The zero-order valence-electron chi connectivity index (χ0n) is 19.8. The molecule has 1 aliphatic rings. The number of rotatable bonds is 7. The summed E-state index contributed by atoms with van der Waals surface area (Å²) < 4.78 is 14.5. The summed E-state index contributed by atoms with van der Waals surface area (Å²) >= 11 is 3.39. The van der Waals surface area contributed by atoms with E-state index >= 15 is 0 Å². The van der Waals surface area contributed by atoms with Crippen LogP contribution in [0.3, 0.4) is 0 Å². The van der Waals surface area contributed by atoms with Gasteiger partial charge in [-0.3, -0.25) is 9.47 Å². The first-order valence-corrected chi connectivity index (χ1v) is 14.5. The second kappa shape index (κ2) is 10.1.